The highest BCUT2D eigenvalue weighted by atomic mass is 79.9. The third-order valence-electron chi connectivity index (χ3n) is 3.24. The lowest BCUT2D eigenvalue weighted by Gasteiger charge is -2.12. The van der Waals surface area contributed by atoms with Crippen LogP contribution >= 0.6 is 43.5 Å². The van der Waals surface area contributed by atoms with Crippen LogP contribution in [0.4, 0.5) is 0 Å². The van der Waals surface area contributed by atoms with Crippen LogP contribution in [0, 0.1) is 11.3 Å². The third-order valence-corrected chi connectivity index (χ3v) is 4.67. The van der Waals surface area contributed by atoms with Gasteiger partial charge in [-0.15, -0.1) is 0 Å². The van der Waals surface area contributed by atoms with E-state index in [-0.39, 0.29) is 12.2 Å². The maximum Gasteiger partial charge on any atom is 0.348 e. The van der Waals surface area contributed by atoms with E-state index in [2.05, 4.69) is 31.9 Å². The zero-order chi connectivity index (χ0) is 19.1. The summed E-state index contributed by atoms with van der Waals surface area (Å²) in [5.74, 6) is -0.0305. The molecule has 0 heterocycles. The van der Waals surface area contributed by atoms with Crippen molar-refractivity contribution in [2.24, 2.45) is 0 Å². The Morgan fingerprint density at radius 1 is 1.23 bits per heavy atom. The molecule has 0 aromatic heterocycles. The first kappa shape index (κ1) is 20.5. The number of nitrogens with zero attached hydrogens (tertiary/aromatic N) is 1. The van der Waals surface area contributed by atoms with Gasteiger partial charge in [-0.1, -0.05) is 23.7 Å². The quantitative estimate of drug-likeness (QED) is 0.282. The Hall–Kier alpha value is -1.81. The Morgan fingerprint density at radius 2 is 1.85 bits per heavy atom. The lowest BCUT2D eigenvalue weighted by atomic mass is 10.1. The maximum absolute atomic E-state index is 11.7. The molecule has 134 valence electrons. The monoisotopic (exact) mass is 497 g/mol. The van der Waals surface area contributed by atoms with Crippen LogP contribution in [0.5, 0.6) is 5.75 Å². The minimum atomic E-state index is -0.648. The largest absolute Gasteiger partial charge is 0.487 e. The molecule has 2 aromatic rings. The molecule has 0 saturated carbocycles. The van der Waals surface area contributed by atoms with Crippen molar-refractivity contribution < 1.29 is 14.3 Å². The highest BCUT2D eigenvalue weighted by Gasteiger charge is 2.13. The minimum Gasteiger partial charge on any atom is -0.487 e. The van der Waals surface area contributed by atoms with Gasteiger partial charge in [0.05, 0.1) is 15.6 Å². The first-order valence-corrected chi connectivity index (χ1v) is 9.56. The lowest BCUT2D eigenvalue weighted by Crippen LogP contribution is -2.06. The summed E-state index contributed by atoms with van der Waals surface area (Å²) < 4.78 is 12.1. The average Bonchev–Trinajstić information content (AvgIpc) is 2.60. The van der Waals surface area contributed by atoms with Gasteiger partial charge < -0.3 is 9.47 Å². The highest BCUT2D eigenvalue weighted by molar-refractivity contribution is 9.11. The molecule has 0 fully saturated rings. The number of nitriles is 1. The number of esters is 1. The van der Waals surface area contributed by atoms with E-state index >= 15 is 0 Å². The maximum atomic E-state index is 11.7. The second-order valence-corrected chi connectivity index (χ2v) is 7.26. The Morgan fingerprint density at radius 3 is 2.38 bits per heavy atom. The van der Waals surface area contributed by atoms with Gasteiger partial charge in [-0.25, -0.2) is 4.79 Å². The van der Waals surface area contributed by atoms with Crippen molar-refractivity contribution in [2.75, 3.05) is 6.61 Å². The summed E-state index contributed by atoms with van der Waals surface area (Å²) in [5, 5.41) is 9.80. The van der Waals surface area contributed by atoms with Crippen LogP contribution < -0.4 is 4.74 Å². The Labute approximate surface area is 173 Å². The predicted molar refractivity (Wildman–Crippen MR) is 108 cm³/mol. The van der Waals surface area contributed by atoms with Crippen LogP contribution in [-0.4, -0.2) is 12.6 Å². The number of carbonyl (C=O) groups excluding carboxylic acids is 1. The molecule has 0 aliphatic carbocycles. The van der Waals surface area contributed by atoms with Crippen LogP contribution in [0.3, 0.4) is 0 Å². The molecule has 0 aliphatic heterocycles. The van der Waals surface area contributed by atoms with Crippen molar-refractivity contribution in [3.63, 3.8) is 0 Å². The van der Waals surface area contributed by atoms with Gasteiger partial charge in [-0.2, -0.15) is 5.26 Å². The summed E-state index contributed by atoms with van der Waals surface area (Å²) in [5.41, 5.74) is 1.57. The molecule has 0 radical (unpaired) electrons. The van der Waals surface area contributed by atoms with E-state index in [0.29, 0.717) is 31.9 Å². The fraction of sp³-hybridized carbons (Fsp3) is 0.158. The van der Waals surface area contributed by atoms with Crippen molar-refractivity contribution >= 4 is 55.5 Å². The molecule has 0 aliphatic rings. The molecule has 0 saturated heterocycles. The summed E-state index contributed by atoms with van der Waals surface area (Å²) in [7, 11) is 0. The molecule has 4 nitrogen and oxygen atoms in total. The van der Waals surface area contributed by atoms with E-state index in [1.54, 1.807) is 31.2 Å². The number of carbonyl (C=O) groups is 1. The first-order chi connectivity index (χ1) is 12.4. The number of ether oxygens (including phenoxy) is 2. The number of rotatable bonds is 6. The average molecular weight is 500 g/mol. The predicted octanol–water partition coefficient (Wildman–Crippen LogP) is 5.91. The number of halogens is 3. The molecule has 0 bridgehead atoms. The van der Waals surface area contributed by atoms with Gasteiger partial charge in [0, 0.05) is 5.02 Å². The standard InChI is InChI=1S/C19H14Br2ClNO3/c1-2-25-19(24)14(10-23)7-13-8-16(20)18(17(21)9-13)26-11-12-3-5-15(22)6-4-12/h3-9H,2,11H2,1H3. The molecule has 0 spiro atoms. The van der Waals surface area contributed by atoms with Gasteiger partial charge in [0.1, 0.15) is 24.0 Å². The summed E-state index contributed by atoms with van der Waals surface area (Å²) in [6, 6.07) is 12.8. The summed E-state index contributed by atoms with van der Waals surface area (Å²) in [6.45, 7) is 2.27. The smallest absolute Gasteiger partial charge is 0.348 e. The van der Waals surface area contributed by atoms with Crippen LogP contribution in [0.1, 0.15) is 18.1 Å². The molecule has 7 heteroatoms. The van der Waals surface area contributed by atoms with E-state index in [1.807, 2.05) is 18.2 Å². The Bertz CT molecular complexity index is 850. The second kappa shape index (κ2) is 9.77. The number of benzene rings is 2. The molecule has 26 heavy (non-hydrogen) atoms. The molecular formula is C19H14Br2ClNO3. The number of hydrogen-bond donors (Lipinski definition) is 0. The molecule has 0 unspecified atom stereocenters. The molecule has 0 amide bonds. The zero-order valence-electron chi connectivity index (χ0n) is 13.8. The fourth-order valence-corrected chi connectivity index (χ4v) is 3.63. The van der Waals surface area contributed by atoms with Crippen molar-refractivity contribution in [2.45, 2.75) is 13.5 Å². The van der Waals surface area contributed by atoms with E-state index in [0.717, 1.165) is 5.56 Å². The molecule has 0 N–H and O–H groups in total. The fourth-order valence-electron chi connectivity index (χ4n) is 2.05. The zero-order valence-corrected chi connectivity index (χ0v) is 17.7. The summed E-state index contributed by atoms with van der Waals surface area (Å²) in [4.78, 5) is 11.7. The van der Waals surface area contributed by atoms with Crippen LogP contribution in [0.25, 0.3) is 6.08 Å². The van der Waals surface area contributed by atoms with Crippen molar-refractivity contribution in [1.82, 2.24) is 0 Å². The van der Waals surface area contributed by atoms with Crippen molar-refractivity contribution in [3.8, 4) is 11.8 Å². The van der Waals surface area contributed by atoms with Gasteiger partial charge in [0.25, 0.3) is 0 Å². The highest BCUT2D eigenvalue weighted by Crippen LogP contribution is 2.36. The van der Waals surface area contributed by atoms with E-state index < -0.39 is 5.97 Å². The topological polar surface area (TPSA) is 59.3 Å². The van der Waals surface area contributed by atoms with E-state index in [4.69, 9.17) is 26.3 Å². The van der Waals surface area contributed by atoms with Gasteiger partial charge >= 0.3 is 5.97 Å². The Balaban J connectivity index is 2.20. The van der Waals surface area contributed by atoms with Gasteiger partial charge in [-0.05, 0) is 80.3 Å². The minimum absolute atomic E-state index is 0.0690. The summed E-state index contributed by atoms with van der Waals surface area (Å²) >= 11 is 12.8. The van der Waals surface area contributed by atoms with Crippen LogP contribution in [0.15, 0.2) is 50.9 Å². The van der Waals surface area contributed by atoms with Gasteiger partial charge in [0.2, 0.25) is 0 Å². The third kappa shape index (κ3) is 5.60. The molecule has 0 atom stereocenters. The second-order valence-electron chi connectivity index (χ2n) is 5.12. The van der Waals surface area contributed by atoms with Gasteiger partial charge in [0.15, 0.2) is 0 Å². The van der Waals surface area contributed by atoms with Gasteiger partial charge in [-0.3, -0.25) is 0 Å². The lowest BCUT2D eigenvalue weighted by molar-refractivity contribution is -0.137. The van der Waals surface area contributed by atoms with Crippen molar-refractivity contribution in [1.29, 1.82) is 5.26 Å². The SMILES string of the molecule is CCOC(=O)C(C#N)=Cc1cc(Br)c(OCc2ccc(Cl)cc2)c(Br)c1. The normalized spacial score (nSPS) is 11.0. The first-order valence-electron chi connectivity index (χ1n) is 7.59. The molecule has 2 rings (SSSR count). The van der Waals surface area contributed by atoms with Crippen molar-refractivity contribution in [3.05, 3.63) is 67.1 Å². The van der Waals surface area contributed by atoms with Crippen LogP contribution in [-0.2, 0) is 16.1 Å². The molecular weight excluding hydrogens is 485 g/mol. The Kier molecular flexibility index (Phi) is 7.70. The summed E-state index contributed by atoms with van der Waals surface area (Å²) in [6.07, 6.45) is 1.47. The number of hydrogen-bond acceptors (Lipinski definition) is 4. The molecule has 2 aromatic carbocycles. The van der Waals surface area contributed by atoms with E-state index in [9.17, 15) is 4.79 Å². The van der Waals surface area contributed by atoms with Crippen LogP contribution in [0.2, 0.25) is 5.02 Å². The van der Waals surface area contributed by atoms with E-state index in [1.165, 1.54) is 6.08 Å².